The van der Waals surface area contributed by atoms with Crippen LogP contribution in [-0.2, 0) is 0 Å². The largest absolute Gasteiger partial charge is 0.456 e. The lowest BCUT2D eigenvalue weighted by Crippen LogP contribution is -2.00. The maximum absolute atomic E-state index is 6.66. The number of aromatic nitrogens is 2. The first-order chi connectivity index (χ1) is 22.3. The molecule has 1 aliphatic heterocycles. The summed E-state index contributed by atoms with van der Waals surface area (Å²) in [5.41, 5.74) is 12.3. The predicted molar refractivity (Wildman–Crippen MR) is 184 cm³/mol. The summed E-state index contributed by atoms with van der Waals surface area (Å²) in [7, 11) is 0. The lowest BCUT2D eigenvalue weighted by molar-refractivity contribution is 0.487. The highest BCUT2D eigenvalue weighted by Gasteiger charge is 2.23. The van der Waals surface area contributed by atoms with E-state index in [1.54, 1.807) is 0 Å². The van der Waals surface area contributed by atoms with Crippen molar-refractivity contribution in [3.05, 3.63) is 158 Å². The molecule has 0 fully saturated rings. The summed E-state index contributed by atoms with van der Waals surface area (Å²) in [6.45, 7) is 0. The van der Waals surface area contributed by atoms with Crippen LogP contribution in [-0.4, -0.2) is 9.97 Å². The van der Waals surface area contributed by atoms with Gasteiger partial charge in [0, 0.05) is 22.1 Å². The molecule has 210 valence electrons. The fourth-order valence-corrected chi connectivity index (χ4v) is 6.53. The second-order valence-corrected chi connectivity index (χ2v) is 11.4. The van der Waals surface area contributed by atoms with Crippen molar-refractivity contribution in [3.8, 4) is 67.4 Å². The number of hydrogen-bond donors (Lipinski definition) is 0. The Morgan fingerprint density at radius 1 is 0.356 bits per heavy atom. The number of nitrogens with zero attached hydrogens (tertiary/aromatic N) is 2. The molecular formula is C42H26N2O. The van der Waals surface area contributed by atoms with Gasteiger partial charge in [-0.1, -0.05) is 121 Å². The van der Waals surface area contributed by atoms with Crippen molar-refractivity contribution in [3.63, 3.8) is 0 Å². The smallest absolute Gasteiger partial charge is 0.135 e. The third-order valence-electron chi connectivity index (χ3n) is 8.67. The number of hydrogen-bond acceptors (Lipinski definition) is 3. The van der Waals surface area contributed by atoms with Gasteiger partial charge in [0.2, 0.25) is 0 Å². The molecule has 9 rings (SSSR count). The molecule has 0 aliphatic carbocycles. The van der Waals surface area contributed by atoms with E-state index in [9.17, 15) is 0 Å². The minimum atomic E-state index is 0.818. The monoisotopic (exact) mass is 574 g/mol. The Hall–Kier alpha value is -6.06. The van der Waals surface area contributed by atoms with Crippen molar-refractivity contribution >= 4 is 21.8 Å². The summed E-state index contributed by atoms with van der Waals surface area (Å²) < 4.78 is 6.66. The zero-order valence-electron chi connectivity index (χ0n) is 24.3. The van der Waals surface area contributed by atoms with E-state index < -0.39 is 0 Å². The van der Waals surface area contributed by atoms with Gasteiger partial charge in [0.15, 0.2) is 0 Å². The average Bonchev–Trinajstić information content (AvgIpc) is 3.12. The lowest BCUT2D eigenvalue weighted by Gasteiger charge is -2.23. The van der Waals surface area contributed by atoms with Crippen LogP contribution in [0.1, 0.15) is 0 Å². The van der Waals surface area contributed by atoms with Crippen LogP contribution in [0.4, 0.5) is 0 Å². The third kappa shape index (κ3) is 4.29. The van der Waals surface area contributed by atoms with Crippen LogP contribution in [0.3, 0.4) is 0 Å². The summed E-state index contributed by atoms with van der Waals surface area (Å²) in [5, 5.41) is 2.33. The number of fused-ring (bicyclic) bond motifs is 3. The zero-order chi connectivity index (χ0) is 29.7. The molecule has 1 aliphatic rings. The minimum Gasteiger partial charge on any atom is -0.456 e. The Morgan fingerprint density at radius 3 is 1.71 bits per heavy atom. The number of para-hydroxylation sites is 2. The van der Waals surface area contributed by atoms with Gasteiger partial charge in [0.05, 0.1) is 22.4 Å². The van der Waals surface area contributed by atoms with Crippen molar-refractivity contribution < 1.29 is 4.74 Å². The summed E-state index contributed by atoms with van der Waals surface area (Å²) in [5.74, 6) is 1.68. The highest BCUT2D eigenvalue weighted by Crippen LogP contribution is 2.49. The Balaban J connectivity index is 1.21. The van der Waals surface area contributed by atoms with Crippen LogP contribution in [0.5, 0.6) is 11.5 Å². The van der Waals surface area contributed by atoms with E-state index in [1.807, 2.05) is 30.3 Å². The van der Waals surface area contributed by atoms with Gasteiger partial charge in [-0.15, -0.1) is 0 Å². The van der Waals surface area contributed by atoms with E-state index in [-0.39, 0.29) is 0 Å². The molecule has 0 bridgehead atoms. The second-order valence-electron chi connectivity index (χ2n) is 11.4. The van der Waals surface area contributed by atoms with Crippen molar-refractivity contribution in [1.82, 2.24) is 9.97 Å². The Kier molecular flexibility index (Phi) is 5.82. The predicted octanol–water partition coefficient (Wildman–Crippen LogP) is 11.2. The number of rotatable bonds is 4. The quantitative estimate of drug-likeness (QED) is 0.210. The highest BCUT2D eigenvalue weighted by atomic mass is 16.5. The van der Waals surface area contributed by atoms with Crippen LogP contribution in [0.25, 0.3) is 77.7 Å². The number of ether oxygens (including phenoxy) is 1. The average molecular weight is 575 g/mol. The van der Waals surface area contributed by atoms with Gasteiger partial charge in [0.1, 0.15) is 11.5 Å². The SMILES string of the molecule is c1ccc(-c2cccc(-c3nc4ccccc4nc3-c3ccc4c(c3)Oc3ccc(-c5ccccc5)c5cccc-4c35)c2)cc1. The molecule has 0 atom stereocenters. The van der Waals surface area contributed by atoms with Crippen LogP contribution in [0.15, 0.2) is 158 Å². The van der Waals surface area contributed by atoms with Gasteiger partial charge in [-0.2, -0.15) is 0 Å². The van der Waals surface area contributed by atoms with Crippen LogP contribution < -0.4 is 4.74 Å². The van der Waals surface area contributed by atoms with Gasteiger partial charge in [-0.25, -0.2) is 9.97 Å². The lowest BCUT2D eigenvalue weighted by atomic mass is 9.89. The second kappa shape index (κ2) is 10.3. The topological polar surface area (TPSA) is 35.0 Å². The molecule has 0 spiro atoms. The molecule has 45 heavy (non-hydrogen) atoms. The van der Waals surface area contributed by atoms with Gasteiger partial charge in [-0.05, 0) is 69.6 Å². The fraction of sp³-hybridized carbons (Fsp3) is 0. The summed E-state index contributed by atoms with van der Waals surface area (Å²) in [6.07, 6.45) is 0. The summed E-state index contributed by atoms with van der Waals surface area (Å²) in [4.78, 5) is 10.4. The molecule has 0 unspecified atom stereocenters. The summed E-state index contributed by atoms with van der Waals surface area (Å²) >= 11 is 0. The molecule has 0 saturated carbocycles. The van der Waals surface area contributed by atoms with Crippen LogP contribution in [0.2, 0.25) is 0 Å². The van der Waals surface area contributed by atoms with Crippen molar-refractivity contribution in [1.29, 1.82) is 0 Å². The van der Waals surface area contributed by atoms with Crippen molar-refractivity contribution in [2.75, 3.05) is 0 Å². The van der Waals surface area contributed by atoms with E-state index >= 15 is 0 Å². The van der Waals surface area contributed by atoms with Gasteiger partial charge >= 0.3 is 0 Å². The number of benzene rings is 7. The first kappa shape index (κ1) is 25.4. The standard InChI is InChI=1S/C42H26N2O/c1-3-11-27(12-4-1)29-15-9-16-30(25-29)41-42(44-37-20-8-7-19-36(37)43-41)31-21-22-33-35-18-10-17-34-32(28-13-5-2-6-14-28)23-24-38(40(34)35)45-39(33)26-31/h1-26H. The first-order valence-corrected chi connectivity index (χ1v) is 15.2. The third-order valence-corrected chi connectivity index (χ3v) is 8.67. The molecule has 0 amide bonds. The van der Waals surface area contributed by atoms with E-state index in [0.717, 1.165) is 61.6 Å². The molecule has 0 saturated heterocycles. The molecule has 1 aromatic heterocycles. The van der Waals surface area contributed by atoms with Gasteiger partial charge in [0.25, 0.3) is 0 Å². The minimum absolute atomic E-state index is 0.818. The fourth-order valence-electron chi connectivity index (χ4n) is 6.53. The molecular weight excluding hydrogens is 548 g/mol. The van der Waals surface area contributed by atoms with Crippen LogP contribution in [0, 0.1) is 0 Å². The molecule has 8 aromatic rings. The molecule has 0 N–H and O–H groups in total. The maximum atomic E-state index is 6.66. The maximum Gasteiger partial charge on any atom is 0.135 e. The first-order valence-electron chi connectivity index (χ1n) is 15.2. The van der Waals surface area contributed by atoms with Crippen molar-refractivity contribution in [2.24, 2.45) is 0 Å². The van der Waals surface area contributed by atoms with Gasteiger partial charge in [-0.3, -0.25) is 0 Å². The van der Waals surface area contributed by atoms with E-state index in [0.29, 0.717) is 0 Å². The van der Waals surface area contributed by atoms with E-state index in [1.165, 1.54) is 27.6 Å². The molecule has 3 heteroatoms. The molecule has 2 heterocycles. The van der Waals surface area contributed by atoms with Crippen molar-refractivity contribution in [2.45, 2.75) is 0 Å². The molecule has 3 nitrogen and oxygen atoms in total. The van der Waals surface area contributed by atoms with Crippen LogP contribution >= 0.6 is 0 Å². The van der Waals surface area contributed by atoms with E-state index in [2.05, 4.69) is 127 Å². The van der Waals surface area contributed by atoms with E-state index in [4.69, 9.17) is 14.7 Å². The molecule has 7 aromatic carbocycles. The zero-order valence-corrected chi connectivity index (χ0v) is 24.3. The highest BCUT2D eigenvalue weighted by molar-refractivity contribution is 6.10. The van der Waals surface area contributed by atoms with Gasteiger partial charge < -0.3 is 4.74 Å². The Labute approximate surface area is 261 Å². The normalized spacial score (nSPS) is 11.7. The Morgan fingerprint density at radius 2 is 0.956 bits per heavy atom. The molecule has 0 radical (unpaired) electrons. The Bertz CT molecular complexity index is 2400. The summed E-state index contributed by atoms with van der Waals surface area (Å²) in [6, 6.07) is 54.8.